The Hall–Kier alpha value is -2.77. The van der Waals surface area contributed by atoms with Gasteiger partial charge in [0.25, 0.3) is 5.89 Å². The van der Waals surface area contributed by atoms with Gasteiger partial charge in [0.05, 0.1) is 5.69 Å². The third-order valence-corrected chi connectivity index (χ3v) is 2.93. The fourth-order valence-corrected chi connectivity index (χ4v) is 1.93. The molecule has 3 aromatic heterocycles. The zero-order chi connectivity index (χ0) is 14.8. The summed E-state index contributed by atoms with van der Waals surface area (Å²) in [4.78, 5) is 20.4. The van der Waals surface area contributed by atoms with Crippen LogP contribution in [0.3, 0.4) is 0 Å². The van der Waals surface area contributed by atoms with Crippen molar-refractivity contribution in [3.8, 4) is 0 Å². The Balaban J connectivity index is 1.79. The first-order chi connectivity index (χ1) is 10.2. The molecule has 0 aromatic carbocycles. The lowest BCUT2D eigenvalue weighted by molar-refractivity contribution is 0.0431. The molecule has 8 heteroatoms. The molecule has 3 aromatic rings. The van der Waals surface area contributed by atoms with Crippen LogP contribution in [0.25, 0.3) is 5.65 Å². The second-order valence-corrected chi connectivity index (χ2v) is 4.38. The molecule has 0 atom stereocenters. The van der Waals surface area contributed by atoms with E-state index in [2.05, 4.69) is 20.2 Å². The first-order valence-electron chi connectivity index (χ1n) is 6.47. The third-order valence-electron chi connectivity index (χ3n) is 2.93. The first-order valence-corrected chi connectivity index (χ1v) is 6.47. The zero-order valence-electron chi connectivity index (χ0n) is 11.6. The van der Waals surface area contributed by atoms with E-state index in [1.807, 2.05) is 6.92 Å². The summed E-state index contributed by atoms with van der Waals surface area (Å²) in [5, 5.41) is 7.95. The standard InChI is InChI=1S/C13H13N5O3/c1-3-9-15-10(21-17-9)7-20-13(19)11-8(2)16-18-6-4-5-14-12(11)18/h4-6H,3,7H2,1-2H3. The average molecular weight is 287 g/mol. The number of aromatic nitrogens is 5. The maximum atomic E-state index is 12.2. The van der Waals surface area contributed by atoms with Gasteiger partial charge in [-0.05, 0) is 13.0 Å². The molecule has 0 unspecified atom stereocenters. The van der Waals surface area contributed by atoms with Gasteiger partial charge in [0.1, 0.15) is 5.56 Å². The lowest BCUT2D eigenvalue weighted by Gasteiger charge is -2.00. The van der Waals surface area contributed by atoms with Gasteiger partial charge < -0.3 is 9.26 Å². The number of esters is 1. The van der Waals surface area contributed by atoms with Gasteiger partial charge in [-0.3, -0.25) is 0 Å². The van der Waals surface area contributed by atoms with E-state index < -0.39 is 5.97 Å². The number of fused-ring (bicyclic) bond motifs is 1. The Morgan fingerprint density at radius 3 is 3.10 bits per heavy atom. The van der Waals surface area contributed by atoms with Crippen LogP contribution < -0.4 is 0 Å². The van der Waals surface area contributed by atoms with Gasteiger partial charge in [-0.2, -0.15) is 10.1 Å². The molecule has 0 spiro atoms. The van der Waals surface area contributed by atoms with Crippen molar-refractivity contribution in [1.29, 1.82) is 0 Å². The molecule has 0 saturated heterocycles. The fraction of sp³-hybridized carbons (Fsp3) is 0.308. The van der Waals surface area contributed by atoms with Crippen molar-refractivity contribution in [1.82, 2.24) is 24.7 Å². The van der Waals surface area contributed by atoms with E-state index in [0.717, 1.165) is 0 Å². The minimum Gasteiger partial charge on any atom is -0.452 e. The summed E-state index contributed by atoms with van der Waals surface area (Å²) < 4.78 is 11.7. The third kappa shape index (κ3) is 2.47. The van der Waals surface area contributed by atoms with E-state index in [-0.39, 0.29) is 12.5 Å². The van der Waals surface area contributed by atoms with Crippen molar-refractivity contribution in [2.45, 2.75) is 26.9 Å². The number of carbonyl (C=O) groups is 1. The largest absolute Gasteiger partial charge is 0.452 e. The molecule has 0 aliphatic carbocycles. The van der Waals surface area contributed by atoms with Crippen LogP contribution in [0.1, 0.15) is 34.7 Å². The lowest BCUT2D eigenvalue weighted by Crippen LogP contribution is -2.07. The van der Waals surface area contributed by atoms with Crippen LogP contribution in [0.5, 0.6) is 0 Å². The number of hydrogen-bond donors (Lipinski definition) is 0. The molecule has 8 nitrogen and oxygen atoms in total. The summed E-state index contributed by atoms with van der Waals surface area (Å²) in [5.41, 5.74) is 1.35. The molecule has 108 valence electrons. The number of rotatable bonds is 4. The smallest absolute Gasteiger partial charge is 0.344 e. The van der Waals surface area contributed by atoms with Crippen LogP contribution >= 0.6 is 0 Å². The molecule has 0 N–H and O–H groups in total. The van der Waals surface area contributed by atoms with Crippen molar-refractivity contribution < 1.29 is 14.1 Å². The molecule has 0 fully saturated rings. The van der Waals surface area contributed by atoms with Gasteiger partial charge in [0, 0.05) is 18.8 Å². The van der Waals surface area contributed by atoms with E-state index in [1.54, 1.807) is 25.4 Å². The van der Waals surface area contributed by atoms with Crippen molar-refractivity contribution in [3.05, 3.63) is 41.4 Å². The minimum atomic E-state index is -0.516. The van der Waals surface area contributed by atoms with Gasteiger partial charge in [-0.1, -0.05) is 12.1 Å². The normalized spacial score (nSPS) is 11.0. The number of ether oxygens (including phenoxy) is 1. The van der Waals surface area contributed by atoms with Gasteiger partial charge >= 0.3 is 5.97 Å². The number of aryl methyl sites for hydroxylation is 2. The van der Waals surface area contributed by atoms with Crippen LogP contribution in [-0.4, -0.2) is 30.7 Å². The number of nitrogens with zero attached hydrogens (tertiary/aromatic N) is 5. The molecule has 0 saturated carbocycles. The lowest BCUT2D eigenvalue weighted by atomic mass is 10.2. The Labute approximate surface area is 119 Å². The average Bonchev–Trinajstić information content (AvgIpc) is 3.07. The van der Waals surface area contributed by atoms with E-state index in [9.17, 15) is 4.79 Å². The van der Waals surface area contributed by atoms with Crippen LogP contribution in [0.2, 0.25) is 0 Å². The highest BCUT2D eigenvalue weighted by atomic mass is 16.6. The number of carbonyl (C=O) groups excluding carboxylic acids is 1. The molecular formula is C13H13N5O3. The summed E-state index contributed by atoms with van der Waals surface area (Å²) in [6.07, 6.45) is 3.98. The molecule has 0 amide bonds. The van der Waals surface area contributed by atoms with Gasteiger partial charge in [-0.25, -0.2) is 14.3 Å². The quantitative estimate of drug-likeness (QED) is 0.668. The second kappa shape index (κ2) is 5.31. The van der Waals surface area contributed by atoms with Crippen LogP contribution in [0.4, 0.5) is 0 Å². The SMILES string of the molecule is CCc1noc(COC(=O)c2c(C)nn3cccnc23)n1. The summed E-state index contributed by atoms with van der Waals surface area (Å²) in [5.74, 6) is 0.328. The van der Waals surface area contributed by atoms with Crippen molar-refractivity contribution in [2.24, 2.45) is 0 Å². The maximum Gasteiger partial charge on any atom is 0.344 e. The maximum absolute atomic E-state index is 12.2. The Kier molecular flexibility index (Phi) is 3.35. The topological polar surface area (TPSA) is 95.4 Å². The van der Waals surface area contributed by atoms with Gasteiger partial charge in [0.2, 0.25) is 0 Å². The predicted octanol–water partition coefficient (Wildman–Crippen LogP) is 1.34. The van der Waals surface area contributed by atoms with Crippen LogP contribution in [-0.2, 0) is 17.8 Å². The minimum absolute atomic E-state index is 0.0740. The molecule has 21 heavy (non-hydrogen) atoms. The fourth-order valence-electron chi connectivity index (χ4n) is 1.93. The summed E-state index contributed by atoms with van der Waals surface area (Å²) in [7, 11) is 0. The highest BCUT2D eigenvalue weighted by molar-refractivity contribution is 5.97. The molecule has 0 radical (unpaired) electrons. The van der Waals surface area contributed by atoms with Crippen molar-refractivity contribution in [3.63, 3.8) is 0 Å². The monoisotopic (exact) mass is 287 g/mol. The molecule has 3 heterocycles. The van der Waals surface area contributed by atoms with Gasteiger partial charge in [0.15, 0.2) is 18.1 Å². The van der Waals surface area contributed by atoms with E-state index in [1.165, 1.54) is 4.52 Å². The summed E-state index contributed by atoms with van der Waals surface area (Å²) in [6, 6.07) is 1.74. The highest BCUT2D eigenvalue weighted by Crippen LogP contribution is 2.14. The molecule has 0 aliphatic heterocycles. The zero-order valence-corrected chi connectivity index (χ0v) is 11.6. The molecule has 3 rings (SSSR count). The predicted molar refractivity (Wildman–Crippen MR) is 70.5 cm³/mol. The first kappa shape index (κ1) is 13.2. The molecular weight excluding hydrogens is 274 g/mol. The highest BCUT2D eigenvalue weighted by Gasteiger charge is 2.20. The number of hydrogen-bond acceptors (Lipinski definition) is 7. The van der Waals surface area contributed by atoms with Crippen molar-refractivity contribution in [2.75, 3.05) is 0 Å². The van der Waals surface area contributed by atoms with Crippen LogP contribution in [0, 0.1) is 6.92 Å². The Bertz CT molecular complexity index is 792. The van der Waals surface area contributed by atoms with Gasteiger partial charge in [-0.15, -0.1) is 0 Å². The molecule has 0 aliphatic rings. The van der Waals surface area contributed by atoms with Crippen molar-refractivity contribution >= 4 is 11.6 Å². The van der Waals surface area contributed by atoms with E-state index in [4.69, 9.17) is 9.26 Å². The Morgan fingerprint density at radius 1 is 1.48 bits per heavy atom. The molecule has 0 bridgehead atoms. The second-order valence-electron chi connectivity index (χ2n) is 4.38. The summed E-state index contributed by atoms with van der Waals surface area (Å²) >= 11 is 0. The Morgan fingerprint density at radius 2 is 2.33 bits per heavy atom. The summed E-state index contributed by atoms with van der Waals surface area (Å²) in [6.45, 7) is 3.57. The van der Waals surface area contributed by atoms with E-state index >= 15 is 0 Å². The van der Waals surface area contributed by atoms with Crippen LogP contribution in [0.15, 0.2) is 23.0 Å². The van der Waals surface area contributed by atoms with E-state index in [0.29, 0.717) is 29.1 Å².